The van der Waals surface area contributed by atoms with Crippen molar-refractivity contribution in [2.75, 3.05) is 11.9 Å². The molecule has 0 aliphatic rings. The molecule has 2 aromatic carbocycles. The summed E-state index contributed by atoms with van der Waals surface area (Å²) in [5, 5.41) is 2.88. The number of amides is 1. The van der Waals surface area contributed by atoms with E-state index < -0.39 is 0 Å². The van der Waals surface area contributed by atoms with Crippen molar-refractivity contribution in [1.82, 2.24) is 0 Å². The van der Waals surface area contributed by atoms with Crippen LogP contribution in [0, 0.1) is 0 Å². The normalized spacial score (nSPS) is 11.7. The Balaban J connectivity index is 2.02. The van der Waals surface area contributed by atoms with Crippen molar-refractivity contribution in [3.63, 3.8) is 0 Å². The fraction of sp³-hybridized carbons (Fsp3) is 0.316. The number of carbonyl (C=O) groups excluding carboxylic acids is 1. The number of nitrogens with one attached hydrogen (secondary N) is 1. The highest BCUT2D eigenvalue weighted by Crippen LogP contribution is 2.26. The van der Waals surface area contributed by atoms with Crippen LogP contribution in [-0.4, -0.2) is 18.6 Å². The molecule has 1 N–H and O–H groups in total. The van der Waals surface area contributed by atoms with Crippen molar-refractivity contribution in [3.8, 4) is 11.5 Å². The Kier molecular flexibility index (Phi) is 6.67. The Labute approximate surface area is 151 Å². The number of rotatable bonds is 7. The summed E-state index contributed by atoms with van der Waals surface area (Å²) in [5.41, 5.74) is 1.28. The zero-order chi connectivity index (χ0) is 17.5. The van der Waals surface area contributed by atoms with E-state index in [2.05, 4.69) is 28.2 Å². The quantitative estimate of drug-likeness (QED) is 0.698. The minimum atomic E-state index is -0.172. The van der Waals surface area contributed by atoms with Crippen LogP contribution in [0.25, 0.3) is 0 Å². The molecular formula is C19H22BrNO3. The van der Waals surface area contributed by atoms with Crippen molar-refractivity contribution >= 4 is 27.5 Å². The Hall–Kier alpha value is -2.01. The van der Waals surface area contributed by atoms with Crippen molar-refractivity contribution in [2.45, 2.75) is 33.3 Å². The van der Waals surface area contributed by atoms with Gasteiger partial charge in [0.15, 0.2) is 0 Å². The van der Waals surface area contributed by atoms with Gasteiger partial charge in [0, 0.05) is 11.3 Å². The topological polar surface area (TPSA) is 47.6 Å². The van der Waals surface area contributed by atoms with Gasteiger partial charge in [-0.1, -0.05) is 6.92 Å². The molecule has 4 nitrogen and oxygen atoms in total. The van der Waals surface area contributed by atoms with Gasteiger partial charge in [0.05, 0.1) is 17.2 Å². The van der Waals surface area contributed by atoms with Gasteiger partial charge in [-0.15, -0.1) is 0 Å². The lowest BCUT2D eigenvalue weighted by Gasteiger charge is -2.13. The monoisotopic (exact) mass is 391 g/mol. The maximum absolute atomic E-state index is 12.3. The van der Waals surface area contributed by atoms with E-state index in [0.717, 1.165) is 28.1 Å². The minimum absolute atomic E-state index is 0.172. The van der Waals surface area contributed by atoms with Crippen molar-refractivity contribution in [2.24, 2.45) is 0 Å². The maximum Gasteiger partial charge on any atom is 0.255 e. The largest absolute Gasteiger partial charge is 0.493 e. The number of halogens is 1. The summed E-state index contributed by atoms with van der Waals surface area (Å²) in [4.78, 5) is 12.3. The Morgan fingerprint density at radius 3 is 2.46 bits per heavy atom. The molecule has 1 amide bonds. The predicted octanol–water partition coefficient (Wildman–Crippen LogP) is 5.28. The maximum atomic E-state index is 12.3. The summed E-state index contributed by atoms with van der Waals surface area (Å²) in [6.07, 6.45) is 1.12. The van der Waals surface area contributed by atoms with E-state index in [1.807, 2.05) is 38.1 Å². The lowest BCUT2D eigenvalue weighted by molar-refractivity contribution is 0.102. The van der Waals surface area contributed by atoms with Crippen molar-refractivity contribution < 1.29 is 14.3 Å². The summed E-state index contributed by atoms with van der Waals surface area (Å²) in [6, 6.07) is 12.7. The van der Waals surface area contributed by atoms with E-state index in [4.69, 9.17) is 9.47 Å². The Morgan fingerprint density at radius 2 is 1.88 bits per heavy atom. The number of hydrogen-bond acceptors (Lipinski definition) is 3. The van der Waals surface area contributed by atoms with E-state index >= 15 is 0 Å². The van der Waals surface area contributed by atoms with E-state index in [9.17, 15) is 4.79 Å². The van der Waals surface area contributed by atoms with Crippen LogP contribution in [0.5, 0.6) is 11.5 Å². The molecule has 5 heteroatoms. The first-order chi connectivity index (χ1) is 11.5. The van der Waals surface area contributed by atoms with Crippen LogP contribution in [-0.2, 0) is 0 Å². The Bertz CT molecular complexity index is 686. The van der Waals surface area contributed by atoms with Crippen LogP contribution in [0.4, 0.5) is 5.69 Å². The second-order valence-corrected chi connectivity index (χ2v) is 6.25. The summed E-state index contributed by atoms with van der Waals surface area (Å²) < 4.78 is 11.9. The van der Waals surface area contributed by atoms with E-state index in [1.165, 1.54) is 0 Å². The lowest BCUT2D eigenvalue weighted by atomic mass is 10.2. The molecule has 0 heterocycles. The Morgan fingerprint density at radius 1 is 1.17 bits per heavy atom. The molecule has 2 aromatic rings. The average Bonchev–Trinajstić information content (AvgIpc) is 2.58. The third kappa shape index (κ3) is 4.99. The molecule has 0 fully saturated rings. The van der Waals surface area contributed by atoms with Crippen LogP contribution in [0.15, 0.2) is 46.9 Å². The third-order valence-corrected chi connectivity index (χ3v) is 4.14. The van der Waals surface area contributed by atoms with Crippen LogP contribution in [0.2, 0.25) is 0 Å². The molecule has 0 saturated heterocycles. The number of benzene rings is 2. The van der Waals surface area contributed by atoms with Gasteiger partial charge in [0.25, 0.3) is 5.91 Å². The molecule has 128 valence electrons. The van der Waals surface area contributed by atoms with Gasteiger partial charge in [-0.25, -0.2) is 0 Å². The van der Waals surface area contributed by atoms with E-state index in [0.29, 0.717) is 12.2 Å². The molecule has 0 radical (unpaired) electrons. The molecule has 1 unspecified atom stereocenters. The van der Waals surface area contributed by atoms with Gasteiger partial charge in [-0.3, -0.25) is 4.79 Å². The second kappa shape index (κ2) is 8.73. The van der Waals surface area contributed by atoms with Gasteiger partial charge >= 0.3 is 0 Å². The van der Waals surface area contributed by atoms with Gasteiger partial charge < -0.3 is 14.8 Å². The zero-order valence-corrected chi connectivity index (χ0v) is 15.7. The average molecular weight is 392 g/mol. The van der Waals surface area contributed by atoms with Crippen molar-refractivity contribution in [1.29, 1.82) is 0 Å². The molecule has 0 saturated carbocycles. The summed E-state index contributed by atoms with van der Waals surface area (Å²) >= 11 is 3.42. The highest BCUT2D eigenvalue weighted by molar-refractivity contribution is 9.10. The molecule has 0 aliphatic carbocycles. The zero-order valence-electron chi connectivity index (χ0n) is 14.1. The molecular weight excluding hydrogens is 370 g/mol. The lowest BCUT2D eigenvalue weighted by Crippen LogP contribution is -2.12. The fourth-order valence-corrected chi connectivity index (χ4v) is 2.54. The molecule has 0 bridgehead atoms. The third-order valence-electron chi connectivity index (χ3n) is 3.52. The summed E-state index contributed by atoms with van der Waals surface area (Å²) in [7, 11) is 0. The molecule has 1 atom stereocenters. The molecule has 2 rings (SSSR count). The first-order valence-corrected chi connectivity index (χ1v) is 8.83. The van der Waals surface area contributed by atoms with E-state index in [-0.39, 0.29) is 12.0 Å². The van der Waals surface area contributed by atoms with Crippen molar-refractivity contribution in [3.05, 3.63) is 52.5 Å². The van der Waals surface area contributed by atoms with Crippen LogP contribution in [0.3, 0.4) is 0 Å². The van der Waals surface area contributed by atoms with Crippen LogP contribution < -0.4 is 14.8 Å². The molecule has 0 aromatic heterocycles. The fourth-order valence-electron chi connectivity index (χ4n) is 2.05. The highest BCUT2D eigenvalue weighted by atomic mass is 79.9. The number of ether oxygens (including phenoxy) is 2. The number of anilines is 1. The summed E-state index contributed by atoms with van der Waals surface area (Å²) in [5.74, 6) is 1.35. The van der Waals surface area contributed by atoms with Gasteiger partial charge in [-0.2, -0.15) is 0 Å². The highest BCUT2D eigenvalue weighted by Gasteiger charge is 2.10. The van der Waals surface area contributed by atoms with E-state index in [1.54, 1.807) is 18.2 Å². The molecule has 24 heavy (non-hydrogen) atoms. The first kappa shape index (κ1) is 18.3. The predicted molar refractivity (Wildman–Crippen MR) is 100 cm³/mol. The second-order valence-electron chi connectivity index (χ2n) is 5.39. The van der Waals surface area contributed by atoms with Gasteiger partial charge in [-0.05, 0) is 78.7 Å². The standard InChI is InChI=1S/C19H22BrNO3/c1-4-13(3)24-16-9-7-15(8-10-16)21-19(22)14-6-11-18(23-5-2)17(20)12-14/h6-13H,4-5H2,1-3H3,(H,21,22). The molecule has 0 spiro atoms. The first-order valence-electron chi connectivity index (χ1n) is 8.03. The van der Waals surface area contributed by atoms with Crippen LogP contribution in [0.1, 0.15) is 37.6 Å². The number of carbonyl (C=O) groups is 1. The van der Waals surface area contributed by atoms with Crippen LogP contribution >= 0.6 is 15.9 Å². The smallest absolute Gasteiger partial charge is 0.255 e. The molecule has 0 aliphatic heterocycles. The van der Waals surface area contributed by atoms with Gasteiger partial charge in [0.2, 0.25) is 0 Å². The minimum Gasteiger partial charge on any atom is -0.493 e. The van der Waals surface area contributed by atoms with Gasteiger partial charge in [0.1, 0.15) is 11.5 Å². The SMILES string of the molecule is CCOc1ccc(C(=O)Nc2ccc(OC(C)CC)cc2)cc1Br. The number of hydrogen-bond donors (Lipinski definition) is 1. The summed E-state index contributed by atoms with van der Waals surface area (Å²) in [6.45, 7) is 6.60.